The van der Waals surface area contributed by atoms with E-state index in [2.05, 4.69) is 24.9 Å². The van der Waals surface area contributed by atoms with E-state index in [1.807, 2.05) is 18.5 Å². The molecule has 0 bridgehead atoms. The fraction of sp³-hybridized carbons (Fsp3) is 0.615. The lowest BCUT2D eigenvalue weighted by Crippen LogP contribution is -1.99. The Hall–Kier alpha value is -0.850. The average Bonchev–Trinajstić information content (AvgIpc) is 2.20. The first kappa shape index (κ1) is 11.2. The van der Waals surface area contributed by atoms with Crippen LogP contribution in [-0.2, 0) is 6.42 Å². The van der Waals surface area contributed by atoms with Crippen LogP contribution in [0.1, 0.15) is 45.1 Å². The summed E-state index contributed by atoms with van der Waals surface area (Å²) in [7, 11) is 0. The van der Waals surface area contributed by atoms with E-state index in [9.17, 15) is 0 Å². The summed E-state index contributed by atoms with van der Waals surface area (Å²) >= 11 is 0. The summed E-state index contributed by atoms with van der Waals surface area (Å²) in [6, 6.07) is 4.19. The molecule has 0 spiro atoms. The molecule has 1 rings (SSSR count). The molecule has 0 aliphatic rings. The number of hydrogen-bond donors (Lipinski definition) is 0. The number of nitrogens with zero attached hydrogens (tertiary/aromatic N) is 1. The number of unbranched alkanes of at least 4 members (excludes halogenated alkanes) is 2. The van der Waals surface area contributed by atoms with Crippen molar-refractivity contribution < 1.29 is 0 Å². The van der Waals surface area contributed by atoms with Crippen molar-refractivity contribution in [1.82, 2.24) is 4.98 Å². The third-order valence-electron chi connectivity index (χ3n) is 2.61. The first-order chi connectivity index (χ1) is 6.83. The van der Waals surface area contributed by atoms with Crippen LogP contribution >= 0.6 is 0 Å². The fourth-order valence-corrected chi connectivity index (χ4v) is 1.77. The predicted octanol–water partition coefficient (Wildman–Crippen LogP) is 3.84. The van der Waals surface area contributed by atoms with Crippen molar-refractivity contribution in [2.75, 3.05) is 0 Å². The molecule has 14 heavy (non-hydrogen) atoms. The van der Waals surface area contributed by atoms with Crippen LogP contribution in [0.4, 0.5) is 0 Å². The maximum atomic E-state index is 4.13. The summed E-state index contributed by atoms with van der Waals surface area (Å²) in [5.74, 6) is 0.797. The topological polar surface area (TPSA) is 12.9 Å². The summed E-state index contributed by atoms with van der Waals surface area (Å²) in [4.78, 5) is 4.13. The first-order valence-corrected chi connectivity index (χ1v) is 5.71. The normalized spacial score (nSPS) is 12.7. The van der Waals surface area contributed by atoms with Gasteiger partial charge in [0.25, 0.3) is 0 Å². The van der Waals surface area contributed by atoms with Crippen molar-refractivity contribution in [3.8, 4) is 0 Å². The molecule has 0 saturated carbocycles. The van der Waals surface area contributed by atoms with Crippen LogP contribution in [0.2, 0.25) is 0 Å². The lowest BCUT2D eigenvalue weighted by atomic mass is 9.96. The van der Waals surface area contributed by atoms with Crippen molar-refractivity contribution in [2.24, 2.45) is 5.92 Å². The van der Waals surface area contributed by atoms with Gasteiger partial charge in [0.2, 0.25) is 0 Å². The van der Waals surface area contributed by atoms with E-state index < -0.39 is 0 Å². The highest BCUT2D eigenvalue weighted by atomic mass is 14.6. The minimum absolute atomic E-state index is 0.797. The Balaban J connectivity index is 2.23. The minimum Gasteiger partial charge on any atom is -0.264 e. The predicted molar refractivity (Wildman–Crippen MR) is 61.2 cm³/mol. The Morgan fingerprint density at radius 3 is 2.86 bits per heavy atom. The third-order valence-corrected chi connectivity index (χ3v) is 2.61. The molecule has 0 saturated heterocycles. The van der Waals surface area contributed by atoms with Gasteiger partial charge in [0.15, 0.2) is 0 Å². The lowest BCUT2D eigenvalue weighted by molar-refractivity contribution is 0.493. The van der Waals surface area contributed by atoms with Crippen LogP contribution < -0.4 is 0 Å². The van der Waals surface area contributed by atoms with Crippen LogP contribution in [0.15, 0.2) is 24.5 Å². The maximum Gasteiger partial charge on any atom is 0.0299 e. The van der Waals surface area contributed by atoms with Gasteiger partial charge < -0.3 is 0 Å². The second kappa shape index (κ2) is 6.58. The zero-order chi connectivity index (χ0) is 10.2. The number of rotatable bonds is 6. The Morgan fingerprint density at radius 1 is 1.36 bits per heavy atom. The monoisotopic (exact) mass is 191 g/mol. The highest BCUT2D eigenvalue weighted by Crippen LogP contribution is 2.14. The van der Waals surface area contributed by atoms with Gasteiger partial charge in [-0.15, -0.1) is 0 Å². The van der Waals surface area contributed by atoms with Crippen molar-refractivity contribution >= 4 is 0 Å². The molecule has 0 aliphatic heterocycles. The van der Waals surface area contributed by atoms with E-state index in [1.54, 1.807) is 0 Å². The average molecular weight is 191 g/mol. The molecule has 1 atom stereocenters. The van der Waals surface area contributed by atoms with Crippen LogP contribution in [0, 0.1) is 5.92 Å². The molecule has 1 heteroatoms. The quantitative estimate of drug-likeness (QED) is 0.622. The van der Waals surface area contributed by atoms with Gasteiger partial charge in [0, 0.05) is 12.4 Å². The van der Waals surface area contributed by atoms with Crippen molar-refractivity contribution in [3.63, 3.8) is 0 Å². The minimum atomic E-state index is 0.797. The first-order valence-electron chi connectivity index (χ1n) is 5.71. The molecule has 1 heterocycles. The van der Waals surface area contributed by atoms with Crippen LogP contribution in [0.25, 0.3) is 0 Å². The molecular weight excluding hydrogens is 170 g/mol. The van der Waals surface area contributed by atoms with E-state index in [-0.39, 0.29) is 0 Å². The molecule has 78 valence electrons. The zero-order valence-electron chi connectivity index (χ0n) is 9.37. The van der Waals surface area contributed by atoms with Gasteiger partial charge >= 0.3 is 0 Å². The molecular formula is C13H21N. The SMILES string of the molecule is CCCCCC(C)Cc1cccnc1. The van der Waals surface area contributed by atoms with E-state index in [0.29, 0.717) is 0 Å². The van der Waals surface area contributed by atoms with Crippen molar-refractivity contribution in [2.45, 2.75) is 46.0 Å². The molecule has 1 aromatic heterocycles. The maximum absolute atomic E-state index is 4.13. The van der Waals surface area contributed by atoms with Gasteiger partial charge in [-0.1, -0.05) is 45.6 Å². The zero-order valence-corrected chi connectivity index (χ0v) is 9.37. The molecule has 0 aliphatic carbocycles. The van der Waals surface area contributed by atoms with E-state index >= 15 is 0 Å². The van der Waals surface area contributed by atoms with Gasteiger partial charge in [-0.2, -0.15) is 0 Å². The van der Waals surface area contributed by atoms with Gasteiger partial charge in [-0.05, 0) is 24.0 Å². The van der Waals surface area contributed by atoms with Gasteiger partial charge in [0.1, 0.15) is 0 Å². The van der Waals surface area contributed by atoms with Crippen LogP contribution in [0.3, 0.4) is 0 Å². The highest BCUT2D eigenvalue weighted by molar-refractivity contribution is 5.08. The number of hydrogen-bond acceptors (Lipinski definition) is 1. The summed E-state index contributed by atoms with van der Waals surface area (Å²) in [6.45, 7) is 4.59. The molecule has 0 fully saturated rings. The Labute approximate surface area is 87.6 Å². The van der Waals surface area contributed by atoms with E-state index in [1.165, 1.54) is 37.7 Å². The fourth-order valence-electron chi connectivity index (χ4n) is 1.77. The summed E-state index contributed by atoms with van der Waals surface area (Å²) < 4.78 is 0. The van der Waals surface area contributed by atoms with Gasteiger partial charge in [-0.3, -0.25) is 4.98 Å². The molecule has 1 unspecified atom stereocenters. The van der Waals surface area contributed by atoms with Crippen molar-refractivity contribution in [3.05, 3.63) is 30.1 Å². The Kier molecular flexibility index (Phi) is 5.28. The molecule has 1 nitrogen and oxygen atoms in total. The summed E-state index contributed by atoms with van der Waals surface area (Å²) in [6.07, 6.45) is 10.4. The van der Waals surface area contributed by atoms with Gasteiger partial charge in [0.05, 0.1) is 0 Å². The Morgan fingerprint density at radius 2 is 2.21 bits per heavy atom. The van der Waals surface area contributed by atoms with Gasteiger partial charge in [-0.25, -0.2) is 0 Å². The second-order valence-electron chi connectivity index (χ2n) is 4.17. The molecule has 0 N–H and O–H groups in total. The Bertz CT molecular complexity index is 230. The molecule has 0 amide bonds. The summed E-state index contributed by atoms with van der Waals surface area (Å²) in [5, 5.41) is 0. The number of aromatic nitrogens is 1. The molecule has 0 radical (unpaired) electrons. The smallest absolute Gasteiger partial charge is 0.0299 e. The molecule has 0 aromatic carbocycles. The lowest BCUT2D eigenvalue weighted by Gasteiger charge is -2.10. The second-order valence-corrected chi connectivity index (χ2v) is 4.17. The highest BCUT2D eigenvalue weighted by Gasteiger charge is 2.02. The van der Waals surface area contributed by atoms with Crippen LogP contribution in [0.5, 0.6) is 0 Å². The third kappa shape index (κ3) is 4.40. The van der Waals surface area contributed by atoms with Crippen LogP contribution in [-0.4, -0.2) is 4.98 Å². The van der Waals surface area contributed by atoms with E-state index in [0.717, 1.165) is 5.92 Å². The largest absolute Gasteiger partial charge is 0.264 e. The summed E-state index contributed by atoms with van der Waals surface area (Å²) in [5.41, 5.74) is 1.37. The number of pyridine rings is 1. The standard InChI is InChI=1S/C13H21N/c1-3-4-5-7-12(2)10-13-8-6-9-14-11-13/h6,8-9,11-12H,3-5,7,10H2,1-2H3. The van der Waals surface area contributed by atoms with Crippen molar-refractivity contribution in [1.29, 1.82) is 0 Å². The molecule has 1 aromatic rings. The van der Waals surface area contributed by atoms with E-state index in [4.69, 9.17) is 0 Å².